The topological polar surface area (TPSA) is 79.8 Å². The Morgan fingerprint density at radius 1 is 0.875 bits per heavy atom. The van der Waals surface area contributed by atoms with Gasteiger partial charge in [-0.1, -0.05) is 48.5 Å². The Hall–Kier alpha value is -3.58. The summed E-state index contributed by atoms with van der Waals surface area (Å²) < 4.78 is 5.51. The molecule has 0 aliphatic carbocycles. The van der Waals surface area contributed by atoms with Crippen LogP contribution in [0, 0.1) is 0 Å². The molecule has 0 aliphatic rings. The van der Waals surface area contributed by atoms with E-state index in [0.29, 0.717) is 24.5 Å². The quantitative estimate of drug-likeness (QED) is 0.264. The molecule has 0 heterocycles. The van der Waals surface area contributed by atoms with Crippen molar-refractivity contribution in [2.75, 3.05) is 12.4 Å². The second-order valence-electron chi connectivity index (χ2n) is 6.82. The van der Waals surface area contributed by atoms with Crippen LogP contribution in [0.25, 0.3) is 0 Å². The Morgan fingerprint density at radius 2 is 1.56 bits per heavy atom. The van der Waals surface area contributed by atoms with Crippen molar-refractivity contribution >= 4 is 29.8 Å². The summed E-state index contributed by atoms with van der Waals surface area (Å²) in [6.45, 7) is 0.409. The Morgan fingerprint density at radius 3 is 2.28 bits per heavy atom. The molecular formula is C25H25N3O3S. The first-order valence-corrected chi connectivity index (χ1v) is 11.2. The highest BCUT2D eigenvalue weighted by atomic mass is 32.2. The van der Waals surface area contributed by atoms with E-state index >= 15 is 0 Å². The number of hydrogen-bond donors (Lipinski definition) is 2. The molecule has 0 radical (unpaired) electrons. The lowest BCUT2D eigenvalue weighted by Crippen LogP contribution is -2.28. The number of rotatable bonds is 11. The number of hydrazone groups is 1. The van der Waals surface area contributed by atoms with E-state index in [1.54, 1.807) is 42.2 Å². The molecule has 6 nitrogen and oxygen atoms in total. The lowest BCUT2D eigenvalue weighted by Gasteiger charge is -2.08. The highest BCUT2D eigenvalue weighted by Gasteiger charge is 2.03. The molecule has 0 aromatic heterocycles. The number of amides is 2. The molecule has 3 rings (SSSR count). The normalized spacial score (nSPS) is 10.6. The SMILES string of the molecule is O=C(COc1ccc(/C=N\NC(=O)CCSc2ccccc2)cc1)NCc1ccccc1. The van der Waals surface area contributed by atoms with Crippen LogP contribution in [0.2, 0.25) is 0 Å². The Bertz CT molecular complexity index is 1010. The van der Waals surface area contributed by atoms with E-state index in [9.17, 15) is 9.59 Å². The van der Waals surface area contributed by atoms with E-state index < -0.39 is 0 Å². The minimum absolute atomic E-state index is 0.0582. The number of nitrogens with one attached hydrogen (secondary N) is 2. The van der Waals surface area contributed by atoms with Gasteiger partial charge in [-0.3, -0.25) is 9.59 Å². The minimum atomic E-state index is -0.187. The first-order chi connectivity index (χ1) is 15.7. The molecule has 2 amide bonds. The van der Waals surface area contributed by atoms with Gasteiger partial charge in [0.2, 0.25) is 5.91 Å². The van der Waals surface area contributed by atoms with Gasteiger partial charge in [-0.25, -0.2) is 5.43 Å². The van der Waals surface area contributed by atoms with Crippen molar-refractivity contribution in [1.29, 1.82) is 0 Å². The van der Waals surface area contributed by atoms with Gasteiger partial charge < -0.3 is 10.1 Å². The molecule has 3 aromatic carbocycles. The van der Waals surface area contributed by atoms with Gasteiger partial charge in [-0.2, -0.15) is 5.10 Å². The van der Waals surface area contributed by atoms with Crippen molar-refractivity contribution < 1.29 is 14.3 Å². The van der Waals surface area contributed by atoms with E-state index in [2.05, 4.69) is 15.8 Å². The molecule has 7 heteroatoms. The van der Waals surface area contributed by atoms with Gasteiger partial charge in [-0.05, 0) is 47.5 Å². The van der Waals surface area contributed by atoms with Gasteiger partial charge in [0.15, 0.2) is 6.61 Å². The minimum Gasteiger partial charge on any atom is -0.484 e. The first-order valence-electron chi connectivity index (χ1n) is 10.2. The average molecular weight is 448 g/mol. The van der Waals surface area contributed by atoms with E-state index in [-0.39, 0.29) is 18.4 Å². The van der Waals surface area contributed by atoms with Crippen LogP contribution in [0.15, 0.2) is 94.9 Å². The lowest BCUT2D eigenvalue weighted by atomic mass is 10.2. The highest BCUT2D eigenvalue weighted by molar-refractivity contribution is 7.99. The third-order valence-corrected chi connectivity index (χ3v) is 5.34. The fraction of sp³-hybridized carbons (Fsp3) is 0.160. The number of carbonyl (C=O) groups is 2. The third kappa shape index (κ3) is 8.65. The molecule has 0 aliphatic heterocycles. The number of ether oxygens (including phenoxy) is 1. The maximum Gasteiger partial charge on any atom is 0.258 e. The van der Waals surface area contributed by atoms with Crippen LogP contribution < -0.4 is 15.5 Å². The number of thioether (sulfide) groups is 1. The summed E-state index contributed by atoms with van der Waals surface area (Å²) in [4.78, 5) is 24.9. The summed E-state index contributed by atoms with van der Waals surface area (Å²) in [6, 6.07) is 26.8. The summed E-state index contributed by atoms with van der Waals surface area (Å²) >= 11 is 1.63. The van der Waals surface area contributed by atoms with E-state index in [0.717, 1.165) is 16.0 Å². The molecule has 0 spiro atoms. The van der Waals surface area contributed by atoms with Crippen molar-refractivity contribution in [2.45, 2.75) is 17.9 Å². The second-order valence-corrected chi connectivity index (χ2v) is 7.99. The van der Waals surface area contributed by atoms with E-state index in [1.807, 2.05) is 60.7 Å². The molecule has 32 heavy (non-hydrogen) atoms. The van der Waals surface area contributed by atoms with Crippen LogP contribution in [0.5, 0.6) is 5.75 Å². The smallest absolute Gasteiger partial charge is 0.258 e. The zero-order chi connectivity index (χ0) is 22.4. The molecule has 0 bridgehead atoms. The monoisotopic (exact) mass is 447 g/mol. The molecule has 0 fully saturated rings. The maximum atomic E-state index is 11.9. The summed E-state index contributed by atoms with van der Waals surface area (Å²) in [5, 5.41) is 6.80. The van der Waals surface area contributed by atoms with Crippen molar-refractivity contribution in [3.63, 3.8) is 0 Å². The predicted molar refractivity (Wildman–Crippen MR) is 128 cm³/mol. The van der Waals surface area contributed by atoms with Crippen LogP contribution in [-0.4, -0.2) is 30.4 Å². The lowest BCUT2D eigenvalue weighted by molar-refractivity contribution is -0.123. The molecule has 0 saturated heterocycles. The zero-order valence-corrected chi connectivity index (χ0v) is 18.4. The summed E-state index contributed by atoms with van der Waals surface area (Å²) in [5.41, 5.74) is 4.38. The van der Waals surface area contributed by atoms with Gasteiger partial charge in [0.05, 0.1) is 6.21 Å². The van der Waals surface area contributed by atoms with Gasteiger partial charge in [0.1, 0.15) is 5.75 Å². The van der Waals surface area contributed by atoms with Gasteiger partial charge in [0, 0.05) is 23.6 Å². The largest absolute Gasteiger partial charge is 0.484 e. The Kier molecular flexibility index (Phi) is 9.36. The molecule has 3 aromatic rings. The Labute approximate surface area is 192 Å². The fourth-order valence-electron chi connectivity index (χ4n) is 2.66. The summed E-state index contributed by atoms with van der Waals surface area (Å²) in [6.07, 6.45) is 1.95. The number of benzene rings is 3. The first kappa shape index (κ1) is 23.1. The molecule has 164 valence electrons. The Balaban J connectivity index is 1.32. The van der Waals surface area contributed by atoms with Gasteiger partial charge in [-0.15, -0.1) is 11.8 Å². The van der Waals surface area contributed by atoms with Crippen LogP contribution >= 0.6 is 11.8 Å². The van der Waals surface area contributed by atoms with Crippen molar-refractivity contribution in [2.24, 2.45) is 5.10 Å². The molecule has 0 atom stereocenters. The molecule has 2 N–H and O–H groups in total. The number of carbonyl (C=O) groups excluding carboxylic acids is 2. The molecule has 0 unspecified atom stereocenters. The standard InChI is InChI=1S/C25H25N3O3S/c29-24(15-16-32-23-9-5-2-6-10-23)28-27-18-21-11-13-22(14-12-21)31-19-25(30)26-17-20-7-3-1-4-8-20/h1-14,18H,15-17,19H2,(H,26,30)(H,28,29)/b27-18-. The van der Waals surface area contributed by atoms with Gasteiger partial charge >= 0.3 is 0 Å². The van der Waals surface area contributed by atoms with Crippen LogP contribution in [0.1, 0.15) is 17.5 Å². The van der Waals surface area contributed by atoms with Crippen molar-refractivity contribution in [3.8, 4) is 5.75 Å². The van der Waals surface area contributed by atoms with Gasteiger partial charge in [0.25, 0.3) is 5.91 Å². The average Bonchev–Trinajstić information content (AvgIpc) is 2.83. The molecular weight excluding hydrogens is 422 g/mol. The van der Waals surface area contributed by atoms with Crippen molar-refractivity contribution in [3.05, 3.63) is 96.1 Å². The maximum absolute atomic E-state index is 11.9. The summed E-state index contributed by atoms with van der Waals surface area (Å²) in [7, 11) is 0. The number of hydrogen-bond acceptors (Lipinski definition) is 5. The van der Waals surface area contributed by atoms with Crippen LogP contribution in [-0.2, 0) is 16.1 Å². The predicted octanol–water partition coefficient (Wildman–Crippen LogP) is 4.01. The fourth-order valence-corrected chi connectivity index (χ4v) is 3.53. The van der Waals surface area contributed by atoms with Crippen molar-refractivity contribution in [1.82, 2.24) is 10.7 Å². The highest BCUT2D eigenvalue weighted by Crippen LogP contribution is 2.17. The molecule has 0 saturated carbocycles. The van der Waals surface area contributed by atoms with E-state index in [1.165, 1.54) is 0 Å². The van der Waals surface area contributed by atoms with Crippen LogP contribution in [0.3, 0.4) is 0 Å². The van der Waals surface area contributed by atoms with E-state index in [4.69, 9.17) is 4.74 Å². The second kappa shape index (κ2) is 13.0. The number of nitrogens with zero attached hydrogens (tertiary/aromatic N) is 1. The summed E-state index contributed by atoms with van der Waals surface area (Å²) in [5.74, 6) is 0.953. The van der Waals surface area contributed by atoms with Crippen LogP contribution in [0.4, 0.5) is 0 Å². The third-order valence-electron chi connectivity index (χ3n) is 4.33. The zero-order valence-electron chi connectivity index (χ0n) is 17.6.